The van der Waals surface area contributed by atoms with E-state index in [1.807, 2.05) is 13.0 Å². The number of nitrogens with one attached hydrogen (secondary N) is 1. The van der Waals surface area contributed by atoms with Crippen molar-refractivity contribution in [3.05, 3.63) is 59.8 Å². The fraction of sp³-hybridized carbons (Fsp3) is 0.125. The van der Waals surface area contributed by atoms with Crippen LogP contribution >= 0.6 is 0 Å². The quantitative estimate of drug-likeness (QED) is 0.645. The summed E-state index contributed by atoms with van der Waals surface area (Å²) in [5.41, 5.74) is 2.46. The summed E-state index contributed by atoms with van der Waals surface area (Å²) in [5, 5.41) is 0.903. The fourth-order valence-corrected chi connectivity index (χ4v) is 2.44. The van der Waals surface area contributed by atoms with E-state index in [2.05, 4.69) is 11.1 Å². The lowest BCUT2D eigenvalue weighted by Crippen LogP contribution is -2.04. The number of aromatic nitrogens is 1. The van der Waals surface area contributed by atoms with Crippen LogP contribution in [0.1, 0.15) is 11.3 Å². The van der Waals surface area contributed by atoms with Gasteiger partial charge in [-0.1, -0.05) is 24.3 Å². The highest BCUT2D eigenvalue weighted by molar-refractivity contribution is 5.97. The van der Waals surface area contributed by atoms with Crippen molar-refractivity contribution in [3.63, 3.8) is 0 Å². The Morgan fingerprint density at radius 1 is 1.15 bits per heavy atom. The largest absolute Gasteiger partial charge is 0.416 e. The molecule has 0 bridgehead atoms. The Labute approximate surface area is 114 Å². The standard InChI is InChI=1S/C16H11F3N/c1-10-15(13-7-2-3-8-14(13)20-10)11-5-4-6-12(9-11)16(17,18)19/h2,4-9,20H,1H3. The van der Waals surface area contributed by atoms with Gasteiger partial charge in [0.2, 0.25) is 0 Å². The highest BCUT2D eigenvalue weighted by Gasteiger charge is 2.30. The number of aromatic amines is 1. The molecule has 1 heterocycles. The van der Waals surface area contributed by atoms with Gasteiger partial charge in [0.25, 0.3) is 0 Å². The molecule has 4 heteroatoms. The van der Waals surface area contributed by atoms with Gasteiger partial charge in [0.05, 0.1) is 5.56 Å². The van der Waals surface area contributed by atoms with Crippen LogP contribution < -0.4 is 0 Å². The van der Waals surface area contributed by atoms with E-state index in [-0.39, 0.29) is 0 Å². The maximum absolute atomic E-state index is 12.8. The number of aryl methyl sites for hydroxylation is 1. The molecular weight excluding hydrogens is 263 g/mol. The number of rotatable bonds is 1. The first-order valence-corrected chi connectivity index (χ1v) is 6.13. The minimum Gasteiger partial charge on any atom is -0.358 e. The average Bonchev–Trinajstić information content (AvgIpc) is 2.73. The van der Waals surface area contributed by atoms with Crippen LogP contribution in [0.15, 0.2) is 42.5 Å². The lowest BCUT2D eigenvalue weighted by molar-refractivity contribution is -0.137. The predicted molar refractivity (Wildman–Crippen MR) is 72.3 cm³/mol. The molecule has 0 atom stereocenters. The van der Waals surface area contributed by atoms with Crippen LogP contribution in [-0.2, 0) is 6.18 Å². The molecule has 0 fully saturated rings. The molecule has 3 rings (SSSR count). The molecule has 0 unspecified atom stereocenters. The molecule has 20 heavy (non-hydrogen) atoms. The highest BCUT2D eigenvalue weighted by atomic mass is 19.4. The Morgan fingerprint density at radius 2 is 1.95 bits per heavy atom. The Kier molecular flexibility index (Phi) is 2.82. The summed E-state index contributed by atoms with van der Waals surface area (Å²) >= 11 is 0. The van der Waals surface area contributed by atoms with Gasteiger partial charge in [0, 0.05) is 22.2 Å². The van der Waals surface area contributed by atoms with E-state index in [1.54, 1.807) is 18.2 Å². The molecule has 1 N–H and O–H groups in total. The third-order valence-electron chi connectivity index (χ3n) is 3.31. The second-order valence-electron chi connectivity index (χ2n) is 4.68. The zero-order chi connectivity index (χ0) is 14.3. The first-order valence-electron chi connectivity index (χ1n) is 6.13. The van der Waals surface area contributed by atoms with Crippen LogP contribution in [0, 0.1) is 13.0 Å². The van der Waals surface area contributed by atoms with Crippen molar-refractivity contribution < 1.29 is 13.2 Å². The minimum absolute atomic E-state index is 0.565. The molecule has 0 aliphatic heterocycles. The van der Waals surface area contributed by atoms with Gasteiger partial charge >= 0.3 is 6.18 Å². The molecule has 101 valence electrons. The van der Waals surface area contributed by atoms with Gasteiger partial charge in [-0.25, -0.2) is 0 Å². The monoisotopic (exact) mass is 274 g/mol. The molecule has 1 radical (unpaired) electrons. The summed E-state index contributed by atoms with van der Waals surface area (Å²) in [7, 11) is 0. The van der Waals surface area contributed by atoms with Gasteiger partial charge < -0.3 is 4.98 Å². The first-order chi connectivity index (χ1) is 9.47. The zero-order valence-corrected chi connectivity index (χ0v) is 10.7. The van der Waals surface area contributed by atoms with E-state index in [0.29, 0.717) is 5.56 Å². The minimum atomic E-state index is -4.33. The summed E-state index contributed by atoms with van der Waals surface area (Å²) in [4.78, 5) is 3.17. The third-order valence-corrected chi connectivity index (χ3v) is 3.31. The van der Waals surface area contributed by atoms with E-state index < -0.39 is 11.7 Å². The van der Waals surface area contributed by atoms with Crippen LogP contribution in [-0.4, -0.2) is 4.98 Å². The molecule has 0 spiro atoms. The third kappa shape index (κ3) is 2.07. The molecule has 0 aliphatic rings. The van der Waals surface area contributed by atoms with E-state index in [9.17, 15) is 13.2 Å². The Hall–Kier alpha value is -2.23. The maximum atomic E-state index is 12.8. The number of hydrogen-bond acceptors (Lipinski definition) is 0. The summed E-state index contributed by atoms with van der Waals surface area (Å²) in [6.07, 6.45) is -4.33. The summed E-state index contributed by atoms with van der Waals surface area (Å²) in [6, 6.07) is 13.8. The first kappa shape index (κ1) is 12.8. The van der Waals surface area contributed by atoms with Crippen LogP contribution in [0.25, 0.3) is 22.0 Å². The van der Waals surface area contributed by atoms with Crippen molar-refractivity contribution in [1.82, 2.24) is 4.98 Å². The predicted octanol–water partition coefficient (Wildman–Crippen LogP) is 4.96. The van der Waals surface area contributed by atoms with Gasteiger partial charge in [0.15, 0.2) is 0 Å². The topological polar surface area (TPSA) is 15.8 Å². The number of alkyl halides is 3. The molecule has 1 aromatic heterocycles. The lowest BCUT2D eigenvalue weighted by Gasteiger charge is -2.09. The van der Waals surface area contributed by atoms with E-state index in [4.69, 9.17) is 0 Å². The van der Waals surface area contributed by atoms with Crippen LogP contribution in [0.2, 0.25) is 0 Å². The second-order valence-corrected chi connectivity index (χ2v) is 4.68. The molecule has 0 saturated carbocycles. The zero-order valence-electron chi connectivity index (χ0n) is 10.7. The van der Waals surface area contributed by atoms with Crippen LogP contribution in [0.5, 0.6) is 0 Å². The fourth-order valence-electron chi connectivity index (χ4n) is 2.44. The van der Waals surface area contributed by atoms with E-state index in [0.717, 1.165) is 28.2 Å². The Morgan fingerprint density at radius 3 is 2.70 bits per heavy atom. The summed E-state index contributed by atoms with van der Waals surface area (Å²) in [6.45, 7) is 1.86. The number of H-pyrrole nitrogens is 1. The molecule has 2 aromatic carbocycles. The number of halogens is 3. The molecule has 1 nitrogen and oxygen atoms in total. The number of hydrogen-bond donors (Lipinski definition) is 1. The lowest BCUT2D eigenvalue weighted by atomic mass is 10.00. The van der Waals surface area contributed by atoms with Gasteiger partial charge in [-0.15, -0.1) is 0 Å². The molecule has 0 saturated heterocycles. The van der Waals surface area contributed by atoms with Gasteiger partial charge in [0.1, 0.15) is 0 Å². The second kappa shape index (κ2) is 4.40. The van der Waals surface area contributed by atoms with E-state index in [1.165, 1.54) is 12.1 Å². The summed E-state index contributed by atoms with van der Waals surface area (Å²) < 4.78 is 38.4. The van der Waals surface area contributed by atoms with Crippen molar-refractivity contribution in [2.45, 2.75) is 13.1 Å². The number of fused-ring (bicyclic) bond motifs is 1. The van der Waals surface area contributed by atoms with Crippen molar-refractivity contribution in [3.8, 4) is 11.1 Å². The van der Waals surface area contributed by atoms with Crippen molar-refractivity contribution in [1.29, 1.82) is 0 Å². The maximum Gasteiger partial charge on any atom is 0.416 e. The van der Waals surface area contributed by atoms with Gasteiger partial charge in [-0.3, -0.25) is 0 Å². The smallest absolute Gasteiger partial charge is 0.358 e. The van der Waals surface area contributed by atoms with Gasteiger partial charge in [-0.2, -0.15) is 13.2 Å². The van der Waals surface area contributed by atoms with Crippen LogP contribution in [0.3, 0.4) is 0 Å². The average molecular weight is 274 g/mol. The molecule has 0 aliphatic carbocycles. The molecular formula is C16H11F3N. The van der Waals surface area contributed by atoms with Crippen molar-refractivity contribution in [2.75, 3.05) is 0 Å². The van der Waals surface area contributed by atoms with E-state index >= 15 is 0 Å². The summed E-state index contributed by atoms with van der Waals surface area (Å²) in [5.74, 6) is 0. The Bertz CT molecular complexity index is 769. The number of benzene rings is 2. The van der Waals surface area contributed by atoms with Crippen molar-refractivity contribution in [2.24, 2.45) is 0 Å². The normalized spacial score (nSPS) is 12.0. The molecule has 0 amide bonds. The highest BCUT2D eigenvalue weighted by Crippen LogP contribution is 2.36. The van der Waals surface area contributed by atoms with Crippen LogP contribution in [0.4, 0.5) is 13.2 Å². The van der Waals surface area contributed by atoms with Crippen molar-refractivity contribution >= 4 is 10.9 Å². The van der Waals surface area contributed by atoms with Gasteiger partial charge in [-0.05, 0) is 36.8 Å². The Balaban J connectivity index is 2.24. The molecule has 3 aromatic rings. The SMILES string of the molecule is Cc1[nH]c2c[c]ccc2c1-c1cccc(C(F)(F)F)c1.